The van der Waals surface area contributed by atoms with Crippen LogP contribution in [0.1, 0.15) is 54.6 Å². The van der Waals surface area contributed by atoms with E-state index in [2.05, 4.69) is 74.5 Å². The Morgan fingerprint density at radius 1 is 0.727 bits per heavy atom. The summed E-state index contributed by atoms with van der Waals surface area (Å²) in [5.41, 5.74) is 8.27. The van der Waals surface area contributed by atoms with Crippen LogP contribution in [0.5, 0.6) is 0 Å². The van der Waals surface area contributed by atoms with Crippen LogP contribution < -0.4 is 0 Å². The van der Waals surface area contributed by atoms with Crippen molar-refractivity contribution in [1.82, 2.24) is 0 Å². The fourth-order valence-electron chi connectivity index (χ4n) is 4.22. The van der Waals surface area contributed by atoms with Gasteiger partial charge in [-0.25, -0.2) is 0 Å². The highest BCUT2D eigenvalue weighted by atomic mass is 31.1. The van der Waals surface area contributed by atoms with Gasteiger partial charge in [0.15, 0.2) is 0 Å². The van der Waals surface area contributed by atoms with E-state index in [1.807, 2.05) is 0 Å². The van der Waals surface area contributed by atoms with Crippen molar-refractivity contribution >= 4 is 20.1 Å². The summed E-state index contributed by atoms with van der Waals surface area (Å²) in [6.45, 7) is 4.97. The van der Waals surface area contributed by atoms with E-state index >= 15 is 0 Å². The average Bonchev–Trinajstić information content (AvgIpc) is 2.79. The van der Waals surface area contributed by atoms with Crippen molar-refractivity contribution < 1.29 is 0 Å². The normalized spacial score (nSPS) is 24.8. The summed E-state index contributed by atoms with van der Waals surface area (Å²) in [5.74, 6) is 0. The molecule has 1 saturated heterocycles. The minimum atomic E-state index is -0.0159. The number of rotatable bonds is 1. The van der Waals surface area contributed by atoms with Crippen molar-refractivity contribution in [1.29, 1.82) is 0 Å². The Labute approximate surface area is 135 Å². The Balaban J connectivity index is 1.94. The zero-order chi connectivity index (χ0) is 15.1. The van der Waals surface area contributed by atoms with Crippen LogP contribution in [0.3, 0.4) is 0 Å². The van der Waals surface area contributed by atoms with Gasteiger partial charge in [-0.2, -0.15) is 0 Å². The molecule has 0 nitrogen and oxygen atoms in total. The molecule has 0 N–H and O–H groups in total. The maximum absolute atomic E-state index is 2.48. The zero-order valence-corrected chi connectivity index (χ0v) is 14.3. The van der Waals surface area contributed by atoms with E-state index in [1.54, 1.807) is 11.1 Å². The molecule has 22 heavy (non-hydrogen) atoms. The van der Waals surface area contributed by atoms with E-state index in [0.29, 0.717) is 5.66 Å². The Kier molecular flexibility index (Phi) is 3.66. The minimum Gasteiger partial charge on any atom is -0.0885 e. The summed E-state index contributed by atoms with van der Waals surface area (Å²) in [6.07, 6.45) is 7.44. The number of fused-ring (bicyclic) bond motifs is 2. The Hall–Kier alpha value is -1.39. The first kappa shape index (κ1) is 14.2. The molecule has 112 valence electrons. The van der Waals surface area contributed by atoms with Gasteiger partial charge < -0.3 is 0 Å². The Morgan fingerprint density at radius 3 is 1.68 bits per heavy atom. The summed E-state index contributed by atoms with van der Waals surface area (Å²) in [7, 11) is -0.0159. The van der Waals surface area contributed by atoms with Gasteiger partial charge in [-0.1, -0.05) is 82.5 Å². The predicted octanol–water partition coefficient (Wildman–Crippen LogP) is 6.31. The second-order valence-electron chi connectivity index (χ2n) is 6.72. The van der Waals surface area contributed by atoms with Crippen LogP contribution in [-0.4, -0.2) is 11.3 Å². The Morgan fingerprint density at radius 2 is 1.18 bits per heavy atom. The fraction of sp³-hybridized carbons (Fsp3) is 0.333. The van der Waals surface area contributed by atoms with Gasteiger partial charge in [-0.15, -0.1) is 0 Å². The van der Waals surface area contributed by atoms with E-state index in [4.69, 9.17) is 0 Å². The molecule has 2 aromatic rings. The molecule has 1 heterocycles. The lowest BCUT2D eigenvalue weighted by Crippen LogP contribution is -2.10. The highest BCUT2D eigenvalue weighted by Gasteiger charge is 2.38. The molecule has 0 aromatic heterocycles. The van der Waals surface area contributed by atoms with Crippen molar-refractivity contribution in [3.05, 3.63) is 70.8 Å². The molecular weight excluding hydrogens is 283 g/mol. The fourth-order valence-corrected chi connectivity index (χ4v) is 8.11. The smallest absolute Gasteiger partial charge is 0.0308 e. The Bertz CT molecular complexity index is 656. The van der Waals surface area contributed by atoms with Crippen LogP contribution in [0, 0.1) is 0 Å². The van der Waals surface area contributed by atoms with Crippen LogP contribution in [0.25, 0.3) is 12.2 Å². The molecule has 0 radical (unpaired) electrons. The molecule has 0 spiro atoms. The highest BCUT2D eigenvalue weighted by Crippen LogP contribution is 2.67. The third-order valence-electron chi connectivity index (χ3n) is 5.34. The summed E-state index contributed by atoms with van der Waals surface area (Å²) >= 11 is 0. The summed E-state index contributed by atoms with van der Waals surface area (Å²) in [5, 5.41) is 0. The third kappa shape index (κ3) is 2.25. The van der Waals surface area contributed by atoms with E-state index in [-0.39, 0.29) is 7.92 Å². The second kappa shape index (κ2) is 5.67. The molecule has 0 saturated carbocycles. The van der Waals surface area contributed by atoms with Crippen molar-refractivity contribution in [2.45, 2.75) is 43.7 Å². The molecule has 1 fully saturated rings. The van der Waals surface area contributed by atoms with Crippen LogP contribution in [0.4, 0.5) is 0 Å². The molecule has 2 aromatic carbocycles. The van der Waals surface area contributed by atoms with Gasteiger partial charge in [0.25, 0.3) is 0 Å². The number of hydrogen-bond donors (Lipinski definition) is 0. The van der Waals surface area contributed by atoms with Gasteiger partial charge in [0.2, 0.25) is 0 Å². The van der Waals surface area contributed by atoms with Gasteiger partial charge in [-0.3, -0.25) is 0 Å². The van der Waals surface area contributed by atoms with Gasteiger partial charge in [0, 0.05) is 5.66 Å². The van der Waals surface area contributed by atoms with E-state index < -0.39 is 0 Å². The molecule has 1 heteroatoms. The van der Waals surface area contributed by atoms with Crippen LogP contribution in [0.15, 0.2) is 48.5 Å². The van der Waals surface area contributed by atoms with Crippen molar-refractivity contribution in [3.63, 3.8) is 0 Å². The molecule has 0 bridgehead atoms. The molecule has 0 amide bonds. The molecule has 4 rings (SSSR count). The lowest BCUT2D eigenvalue weighted by atomic mass is 9.99. The SMILES string of the molecule is C[C@H]1CC[C@H](C)P1C1c2ccccc2C=Cc2ccccc21. The molecule has 1 aliphatic heterocycles. The molecule has 1 aliphatic carbocycles. The van der Waals surface area contributed by atoms with Crippen molar-refractivity contribution in [2.75, 3.05) is 0 Å². The lowest BCUT2D eigenvalue weighted by molar-refractivity contribution is 0.777. The summed E-state index contributed by atoms with van der Waals surface area (Å²) in [6, 6.07) is 18.1. The van der Waals surface area contributed by atoms with E-state index in [0.717, 1.165) is 11.3 Å². The van der Waals surface area contributed by atoms with Gasteiger partial charge in [0.05, 0.1) is 0 Å². The standard InChI is InChI=1S/C21H23P/c1-15-11-12-16(2)22(15)21-19-9-5-3-7-17(19)13-14-18-8-4-6-10-20(18)21/h3-10,13-16,21H,11-12H2,1-2H3/t15-,16-/m0/s1. The van der Waals surface area contributed by atoms with Crippen LogP contribution in [0.2, 0.25) is 0 Å². The van der Waals surface area contributed by atoms with Gasteiger partial charge in [-0.05, 0) is 46.4 Å². The first-order valence-electron chi connectivity index (χ1n) is 8.39. The first-order chi connectivity index (χ1) is 10.8. The monoisotopic (exact) mass is 306 g/mol. The quantitative estimate of drug-likeness (QED) is 0.541. The number of benzene rings is 2. The predicted molar refractivity (Wildman–Crippen MR) is 98.7 cm³/mol. The zero-order valence-electron chi connectivity index (χ0n) is 13.4. The van der Waals surface area contributed by atoms with E-state index in [9.17, 15) is 0 Å². The topological polar surface area (TPSA) is 0 Å². The van der Waals surface area contributed by atoms with Crippen molar-refractivity contribution in [3.8, 4) is 0 Å². The summed E-state index contributed by atoms with van der Waals surface area (Å²) in [4.78, 5) is 0. The molecule has 2 atom stereocenters. The average molecular weight is 306 g/mol. The minimum absolute atomic E-state index is 0.0159. The molecular formula is C21H23P. The molecule has 0 unspecified atom stereocenters. The summed E-state index contributed by atoms with van der Waals surface area (Å²) < 4.78 is 0. The first-order valence-corrected chi connectivity index (χ1v) is 9.94. The van der Waals surface area contributed by atoms with Gasteiger partial charge >= 0.3 is 0 Å². The van der Waals surface area contributed by atoms with Crippen LogP contribution in [-0.2, 0) is 0 Å². The van der Waals surface area contributed by atoms with E-state index in [1.165, 1.54) is 24.0 Å². The largest absolute Gasteiger partial charge is 0.0885 e. The maximum Gasteiger partial charge on any atom is 0.0308 e. The highest BCUT2D eigenvalue weighted by molar-refractivity contribution is 7.60. The van der Waals surface area contributed by atoms with Crippen molar-refractivity contribution in [2.24, 2.45) is 0 Å². The molecule has 2 aliphatic rings. The van der Waals surface area contributed by atoms with Crippen LogP contribution >= 0.6 is 7.92 Å². The lowest BCUT2D eigenvalue weighted by Gasteiger charge is -2.33. The maximum atomic E-state index is 2.48. The van der Waals surface area contributed by atoms with Gasteiger partial charge in [0.1, 0.15) is 0 Å². The second-order valence-corrected chi connectivity index (χ2v) is 9.89. The third-order valence-corrected chi connectivity index (χ3v) is 9.05. The number of hydrogen-bond acceptors (Lipinski definition) is 0.